The van der Waals surface area contributed by atoms with Crippen LogP contribution in [0.25, 0.3) is 0 Å². The zero-order valence-corrected chi connectivity index (χ0v) is 14.5. The van der Waals surface area contributed by atoms with Crippen LogP contribution >= 0.6 is 0 Å². The molecule has 3 rings (SSSR count). The zero-order valence-electron chi connectivity index (χ0n) is 14.5. The second kappa shape index (κ2) is 9.01. The number of piperazine rings is 1. The van der Waals surface area contributed by atoms with E-state index in [1.165, 1.54) is 6.07 Å². The molecule has 1 N–H and O–H groups in total. The molecule has 0 aromatic heterocycles. The van der Waals surface area contributed by atoms with Gasteiger partial charge < -0.3 is 19.7 Å². The molecule has 0 unspecified atom stereocenters. The third-order valence-corrected chi connectivity index (χ3v) is 4.78. The molecular formula is C18H26FN3O3. The van der Waals surface area contributed by atoms with E-state index < -0.39 is 5.82 Å². The first-order chi connectivity index (χ1) is 12.2. The number of urea groups is 1. The maximum absolute atomic E-state index is 13.4. The van der Waals surface area contributed by atoms with Gasteiger partial charge in [-0.2, -0.15) is 0 Å². The highest BCUT2D eigenvalue weighted by atomic mass is 19.1. The molecule has 138 valence electrons. The Labute approximate surface area is 147 Å². The number of ether oxygens (including phenoxy) is 2. The van der Waals surface area contributed by atoms with Crippen molar-refractivity contribution in [3.8, 4) is 5.75 Å². The van der Waals surface area contributed by atoms with E-state index in [-0.39, 0.29) is 18.4 Å². The van der Waals surface area contributed by atoms with Gasteiger partial charge in [0.2, 0.25) is 0 Å². The molecule has 1 aromatic carbocycles. The number of halogens is 1. The lowest BCUT2D eigenvalue weighted by molar-refractivity contribution is 0.0187. The maximum atomic E-state index is 13.4. The Morgan fingerprint density at radius 2 is 1.92 bits per heavy atom. The van der Waals surface area contributed by atoms with Crippen LogP contribution in [0.15, 0.2) is 24.3 Å². The molecule has 2 fully saturated rings. The van der Waals surface area contributed by atoms with Gasteiger partial charge in [-0.1, -0.05) is 12.1 Å². The Balaban J connectivity index is 1.33. The molecule has 25 heavy (non-hydrogen) atoms. The van der Waals surface area contributed by atoms with Crippen molar-refractivity contribution in [2.24, 2.45) is 0 Å². The summed E-state index contributed by atoms with van der Waals surface area (Å²) in [6, 6.07) is 6.77. The van der Waals surface area contributed by atoms with Crippen LogP contribution in [0.5, 0.6) is 5.75 Å². The minimum absolute atomic E-state index is 0.0799. The Morgan fingerprint density at radius 3 is 2.64 bits per heavy atom. The van der Waals surface area contributed by atoms with Crippen LogP contribution in [0.4, 0.5) is 9.18 Å². The molecule has 0 spiro atoms. The minimum atomic E-state index is -0.391. The Hall–Kier alpha value is -1.86. The summed E-state index contributed by atoms with van der Waals surface area (Å²) >= 11 is 0. The van der Waals surface area contributed by atoms with E-state index in [9.17, 15) is 9.18 Å². The van der Waals surface area contributed by atoms with Crippen molar-refractivity contribution in [3.63, 3.8) is 0 Å². The molecule has 0 aliphatic carbocycles. The summed E-state index contributed by atoms with van der Waals surface area (Å²) in [5.41, 5.74) is 0. The molecule has 0 bridgehead atoms. The van der Waals surface area contributed by atoms with Gasteiger partial charge in [0.15, 0.2) is 11.6 Å². The number of hydrogen-bond donors (Lipinski definition) is 1. The van der Waals surface area contributed by atoms with E-state index in [2.05, 4.69) is 10.2 Å². The average molecular weight is 351 g/mol. The van der Waals surface area contributed by atoms with Gasteiger partial charge in [-0.3, -0.25) is 4.90 Å². The van der Waals surface area contributed by atoms with Crippen molar-refractivity contribution < 1.29 is 18.7 Å². The molecule has 0 atom stereocenters. The molecule has 0 radical (unpaired) electrons. The molecule has 2 aliphatic heterocycles. The largest absolute Gasteiger partial charge is 0.489 e. The highest BCUT2D eigenvalue weighted by molar-refractivity contribution is 5.74. The Morgan fingerprint density at radius 1 is 1.20 bits per heavy atom. The molecular weight excluding hydrogens is 325 g/mol. The van der Waals surface area contributed by atoms with Crippen LogP contribution in [0, 0.1) is 5.82 Å². The zero-order chi connectivity index (χ0) is 17.5. The van der Waals surface area contributed by atoms with Crippen molar-refractivity contribution in [2.45, 2.75) is 18.9 Å². The SMILES string of the molecule is O=C(NCCOc1ccccc1F)N1CCN(C2CCOCC2)CC1. The van der Waals surface area contributed by atoms with Crippen LogP contribution in [0.2, 0.25) is 0 Å². The van der Waals surface area contributed by atoms with E-state index in [4.69, 9.17) is 9.47 Å². The number of nitrogens with one attached hydrogen (secondary N) is 1. The molecule has 2 aliphatic rings. The Bertz CT molecular complexity index is 558. The predicted molar refractivity (Wildman–Crippen MR) is 92.3 cm³/mol. The fourth-order valence-electron chi connectivity index (χ4n) is 3.33. The number of rotatable bonds is 5. The van der Waals surface area contributed by atoms with Crippen molar-refractivity contribution in [1.82, 2.24) is 15.1 Å². The average Bonchev–Trinajstić information content (AvgIpc) is 2.67. The van der Waals surface area contributed by atoms with Crippen molar-refractivity contribution in [1.29, 1.82) is 0 Å². The van der Waals surface area contributed by atoms with Gasteiger partial charge in [0.25, 0.3) is 0 Å². The molecule has 6 nitrogen and oxygen atoms in total. The lowest BCUT2D eigenvalue weighted by Gasteiger charge is -2.40. The second-order valence-corrected chi connectivity index (χ2v) is 6.38. The number of nitrogens with zero attached hydrogens (tertiary/aromatic N) is 2. The third kappa shape index (κ3) is 5.06. The summed E-state index contributed by atoms with van der Waals surface area (Å²) in [4.78, 5) is 16.5. The molecule has 2 heterocycles. The summed E-state index contributed by atoms with van der Waals surface area (Å²) in [5, 5.41) is 2.84. The first-order valence-corrected chi connectivity index (χ1v) is 8.96. The first kappa shape index (κ1) is 17.9. The third-order valence-electron chi connectivity index (χ3n) is 4.78. The summed E-state index contributed by atoms with van der Waals surface area (Å²) in [6.07, 6.45) is 2.17. The van der Waals surface area contributed by atoms with Gasteiger partial charge in [-0.25, -0.2) is 9.18 Å². The summed E-state index contributed by atoms with van der Waals surface area (Å²) in [7, 11) is 0. The van der Waals surface area contributed by atoms with E-state index in [0.29, 0.717) is 12.6 Å². The Kier molecular flexibility index (Phi) is 6.47. The maximum Gasteiger partial charge on any atom is 0.317 e. The summed E-state index contributed by atoms with van der Waals surface area (Å²) in [5.74, 6) is -0.181. The van der Waals surface area contributed by atoms with E-state index in [0.717, 1.165) is 52.2 Å². The topological polar surface area (TPSA) is 54.0 Å². The molecule has 2 saturated heterocycles. The summed E-state index contributed by atoms with van der Waals surface area (Å²) < 4.78 is 24.2. The van der Waals surface area contributed by atoms with Crippen molar-refractivity contribution in [2.75, 3.05) is 52.5 Å². The monoisotopic (exact) mass is 351 g/mol. The molecule has 2 amide bonds. The van der Waals surface area contributed by atoms with Gasteiger partial charge in [-0.15, -0.1) is 0 Å². The van der Waals surface area contributed by atoms with Crippen molar-refractivity contribution in [3.05, 3.63) is 30.1 Å². The van der Waals surface area contributed by atoms with Gasteiger partial charge in [0.1, 0.15) is 6.61 Å². The number of carbonyl (C=O) groups excluding carboxylic acids is 1. The fraction of sp³-hybridized carbons (Fsp3) is 0.611. The molecule has 0 saturated carbocycles. The fourth-order valence-corrected chi connectivity index (χ4v) is 3.33. The van der Waals surface area contributed by atoms with Gasteiger partial charge in [0.05, 0.1) is 6.54 Å². The second-order valence-electron chi connectivity index (χ2n) is 6.38. The highest BCUT2D eigenvalue weighted by Gasteiger charge is 2.27. The van der Waals surface area contributed by atoms with Gasteiger partial charge in [0, 0.05) is 45.4 Å². The van der Waals surface area contributed by atoms with Gasteiger partial charge >= 0.3 is 6.03 Å². The lowest BCUT2D eigenvalue weighted by Crippen LogP contribution is -2.55. The van der Waals surface area contributed by atoms with Crippen LogP contribution in [-0.4, -0.2) is 74.4 Å². The van der Waals surface area contributed by atoms with Crippen LogP contribution in [0.3, 0.4) is 0 Å². The predicted octanol–water partition coefficient (Wildman–Crippen LogP) is 1.71. The van der Waals surface area contributed by atoms with E-state index in [1.54, 1.807) is 18.2 Å². The van der Waals surface area contributed by atoms with Gasteiger partial charge in [-0.05, 0) is 25.0 Å². The number of para-hydroxylation sites is 1. The van der Waals surface area contributed by atoms with Crippen molar-refractivity contribution >= 4 is 6.03 Å². The van der Waals surface area contributed by atoms with Crippen LogP contribution in [0.1, 0.15) is 12.8 Å². The van der Waals surface area contributed by atoms with Crippen LogP contribution in [-0.2, 0) is 4.74 Å². The number of benzene rings is 1. The minimum Gasteiger partial charge on any atom is -0.489 e. The van der Waals surface area contributed by atoms with E-state index >= 15 is 0 Å². The lowest BCUT2D eigenvalue weighted by atomic mass is 10.1. The normalized spacial score (nSPS) is 19.6. The smallest absolute Gasteiger partial charge is 0.317 e. The molecule has 7 heteroatoms. The summed E-state index contributed by atoms with van der Waals surface area (Å²) in [6.45, 7) is 5.56. The number of hydrogen-bond acceptors (Lipinski definition) is 4. The number of amides is 2. The standard InChI is InChI=1S/C18H26FN3O3/c19-16-3-1-2-4-17(16)25-14-7-20-18(23)22-10-8-21(9-11-22)15-5-12-24-13-6-15/h1-4,15H,5-14H2,(H,20,23). The highest BCUT2D eigenvalue weighted by Crippen LogP contribution is 2.17. The van der Waals surface area contributed by atoms with Crippen LogP contribution < -0.4 is 10.1 Å². The number of carbonyl (C=O) groups is 1. The first-order valence-electron chi connectivity index (χ1n) is 8.96. The van der Waals surface area contributed by atoms with E-state index in [1.807, 2.05) is 4.90 Å². The molecule has 1 aromatic rings. The quantitative estimate of drug-likeness (QED) is 0.821.